The molecule has 2 aliphatic heterocycles. The highest BCUT2D eigenvalue weighted by atomic mass is 16.5. The van der Waals surface area contributed by atoms with Crippen molar-refractivity contribution in [1.82, 2.24) is 9.80 Å². The minimum absolute atomic E-state index is 0.0642. The van der Waals surface area contributed by atoms with Crippen LogP contribution in [0.1, 0.15) is 12.8 Å². The summed E-state index contributed by atoms with van der Waals surface area (Å²) < 4.78 is 5.01. The summed E-state index contributed by atoms with van der Waals surface area (Å²) in [5, 5.41) is 9.09. The average molecular weight is 277 g/mol. The fourth-order valence-electron chi connectivity index (χ4n) is 3.31. The Kier molecular flexibility index (Phi) is 3.17. The molecule has 1 saturated carbocycles. The third-order valence-electron chi connectivity index (χ3n) is 4.75. The predicted octanol–water partition coefficient (Wildman–Crippen LogP) is -0.147. The first-order chi connectivity index (χ1) is 9.61. The van der Waals surface area contributed by atoms with E-state index >= 15 is 0 Å². The van der Waals surface area contributed by atoms with E-state index in [-0.39, 0.29) is 23.7 Å². The van der Waals surface area contributed by atoms with Crippen LogP contribution < -0.4 is 0 Å². The van der Waals surface area contributed by atoms with Crippen LogP contribution in [-0.4, -0.2) is 61.5 Å². The summed E-state index contributed by atoms with van der Waals surface area (Å²) in [5.41, 5.74) is -0.766. The van der Waals surface area contributed by atoms with Gasteiger partial charge in [0, 0.05) is 39.2 Å². The van der Waals surface area contributed by atoms with E-state index in [1.54, 1.807) is 12.0 Å². The minimum atomic E-state index is -0.766. The maximum absolute atomic E-state index is 12.3. The van der Waals surface area contributed by atoms with Gasteiger partial charge in [-0.15, -0.1) is 0 Å². The third-order valence-corrected chi connectivity index (χ3v) is 4.75. The molecule has 20 heavy (non-hydrogen) atoms. The molecular weight excluding hydrogens is 258 g/mol. The molecule has 0 unspecified atom stereocenters. The Labute approximate surface area is 118 Å². The van der Waals surface area contributed by atoms with Gasteiger partial charge in [0.1, 0.15) is 5.41 Å². The molecule has 2 saturated heterocycles. The van der Waals surface area contributed by atoms with Crippen molar-refractivity contribution in [2.45, 2.75) is 12.8 Å². The molecule has 1 aliphatic carbocycles. The molecule has 6 nitrogen and oxygen atoms in total. The van der Waals surface area contributed by atoms with E-state index in [4.69, 9.17) is 10.00 Å². The summed E-state index contributed by atoms with van der Waals surface area (Å²) in [6.07, 6.45) is 1.34. The van der Waals surface area contributed by atoms with Gasteiger partial charge >= 0.3 is 0 Å². The van der Waals surface area contributed by atoms with Crippen molar-refractivity contribution in [3.05, 3.63) is 0 Å². The van der Waals surface area contributed by atoms with Crippen LogP contribution in [0.25, 0.3) is 0 Å². The number of amides is 2. The van der Waals surface area contributed by atoms with Crippen LogP contribution in [0.15, 0.2) is 0 Å². The number of rotatable bonds is 4. The van der Waals surface area contributed by atoms with E-state index in [0.29, 0.717) is 45.6 Å². The Morgan fingerprint density at radius 3 is 2.75 bits per heavy atom. The second-order valence-electron chi connectivity index (χ2n) is 6.05. The van der Waals surface area contributed by atoms with Crippen LogP contribution in [0, 0.1) is 28.6 Å². The quantitative estimate of drug-likeness (QED) is 0.716. The van der Waals surface area contributed by atoms with Crippen molar-refractivity contribution in [2.24, 2.45) is 17.3 Å². The van der Waals surface area contributed by atoms with E-state index in [9.17, 15) is 9.59 Å². The number of hydrogen-bond donors (Lipinski definition) is 0. The summed E-state index contributed by atoms with van der Waals surface area (Å²) in [4.78, 5) is 28.1. The topological polar surface area (TPSA) is 73.6 Å². The van der Waals surface area contributed by atoms with Crippen molar-refractivity contribution in [3.8, 4) is 6.07 Å². The van der Waals surface area contributed by atoms with Gasteiger partial charge in [-0.1, -0.05) is 0 Å². The predicted molar refractivity (Wildman–Crippen MR) is 69.3 cm³/mol. The number of likely N-dealkylation sites (tertiary alicyclic amines) is 2. The Bertz CT molecular complexity index is 481. The fraction of sp³-hybridized carbons (Fsp3) is 0.786. The highest BCUT2D eigenvalue weighted by Gasteiger charge is 2.56. The minimum Gasteiger partial charge on any atom is -0.383 e. The highest BCUT2D eigenvalue weighted by Crippen LogP contribution is 2.48. The van der Waals surface area contributed by atoms with E-state index in [0.717, 1.165) is 0 Å². The molecule has 3 aliphatic rings. The van der Waals surface area contributed by atoms with Gasteiger partial charge in [-0.25, -0.2) is 0 Å². The van der Waals surface area contributed by atoms with E-state index in [1.807, 2.05) is 4.90 Å². The van der Waals surface area contributed by atoms with Crippen LogP contribution in [0.2, 0.25) is 0 Å². The van der Waals surface area contributed by atoms with Gasteiger partial charge in [-0.2, -0.15) is 5.26 Å². The molecule has 3 fully saturated rings. The number of methoxy groups -OCH3 is 1. The monoisotopic (exact) mass is 277 g/mol. The summed E-state index contributed by atoms with van der Waals surface area (Å²) in [5.74, 6) is 0.206. The number of nitrogens with zero attached hydrogens (tertiary/aromatic N) is 3. The number of carbonyl (C=O) groups excluding carboxylic acids is 2. The number of hydrogen-bond acceptors (Lipinski definition) is 4. The smallest absolute Gasteiger partial charge is 0.243 e. The molecule has 0 aromatic carbocycles. The molecule has 0 bridgehead atoms. The average Bonchev–Trinajstić information content (AvgIpc) is 3.06. The molecule has 0 aromatic heterocycles. The Morgan fingerprint density at radius 2 is 2.20 bits per heavy atom. The molecule has 0 radical (unpaired) electrons. The zero-order valence-corrected chi connectivity index (χ0v) is 11.7. The van der Waals surface area contributed by atoms with Gasteiger partial charge in [-0.05, 0) is 12.8 Å². The first-order valence-electron chi connectivity index (χ1n) is 7.09. The largest absolute Gasteiger partial charge is 0.383 e. The van der Waals surface area contributed by atoms with Crippen LogP contribution in [-0.2, 0) is 14.3 Å². The molecule has 3 rings (SSSR count). The number of ether oxygens (including phenoxy) is 1. The van der Waals surface area contributed by atoms with Crippen molar-refractivity contribution in [1.29, 1.82) is 5.26 Å². The summed E-state index contributed by atoms with van der Waals surface area (Å²) >= 11 is 0. The molecule has 2 atom stereocenters. The molecule has 2 heterocycles. The molecule has 0 N–H and O–H groups in total. The zero-order valence-electron chi connectivity index (χ0n) is 11.7. The lowest BCUT2D eigenvalue weighted by molar-refractivity contribution is -0.135. The molecule has 108 valence electrons. The van der Waals surface area contributed by atoms with E-state index < -0.39 is 5.41 Å². The SMILES string of the molecule is COCCN1C[C@@H]2CN(C(=O)C3(C#N)CC3)C[C@@H]2C1=O. The van der Waals surface area contributed by atoms with Gasteiger partial charge in [0.05, 0.1) is 18.6 Å². The third kappa shape index (κ3) is 1.97. The first kappa shape index (κ1) is 13.4. The Hall–Kier alpha value is -1.61. The fourth-order valence-corrected chi connectivity index (χ4v) is 3.31. The number of carbonyl (C=O) groups is 2. The van der Waals surface area contributed by atoms with Gasteiger partial charge in [0.2, 0.25) is 11.8 Å². The van der Waals surface area contributed by atoms with Gasteiger partial charge in [-0.3, -0.25) is 9.59 Å². The van der Waals surface area contributed by atoms with Gasteiger partial charge < -0.3 is 14.5 Å². The van der Waals surface area contributed by atoms with Crippen molar-refractivity contribution < 1.29 is 14.3 Å². The number of fused-ring (bicyclic) bond motifs is 1. The lowest BCUT2D eigenvalue weighted by Gasteiger charge is -2.23. The first-order valence-corrected chi connectivity index (χ1v) is 7.09. The standard InChI is InChI=1S/C14H19N3O3/c1-20-5-4-16-6-10-7-17(8-11(10)12(16)18)13(19)14(9-15)2-3-14/h10-11H,2-8H2,1H3/t10-,11+/m1/s1. The molecular formula is C14H19N3O3. The Morgan fingerprint density at radius 1 is 1.45 bits per heavy atom. The van der Waals surface area contributed by atoms with Gasteiger partial charge in [0.25, 0.3) is 0 Å². The zero-order chi connectivity index (χ0) is 14.3. The second-order valence-corrected chi connectivity index (χ2v) is 6.05. The van der Waals surface area contributed by atoms with Crippen molar-refractivity contribution in [2.75, 3.05) is 39.9 Å². The summed E-state index contributed by atoms with van der Waals surface area (Å²) in [6, 6.07) is 2.14. The van der Waals surface area contributed by atoms with Crippen LogP contribution in [0.3, 0.4) is 0 Å². The van der Waals surface area contributed by atoms with Crippen LogP contribution >= 0.6 is 0 Å². The Balaban J connectivity index is 1.62. The normalized spacial score (nSPS) is 30.3. The summed E-state index contributed by atoms with van der Waals surface area (Å²) in [6.45, 7) is 2.97. The molecule has 6 heteroatoms. The van der Waals surface area contributed by atoms with Crippen LogP contribution in [0.5, 0.6) is 0 Å². The van der Waals surface area contributed by atoms with E-state index in [1.165, 1.54) is 0 Å². The summed E-state index contributed by atoms with van der Waals surface area (Å²) in [7, 11) is 1.62. The maximum atomic E-state index is 12.3. The van der Waals surface area contributed by atoms with Crippen molar-refractivity contribution in [3.63, 3.8) is 0 Å². The van der Waals surface area contributed by atoms with Crippen molar-refractivity contribution >= 4 is 11.8 Å². The molecule has 2 amide bonds. The van der Waals surface area contributed by atoms with E-state index in [2.05, 4.69) is 6.07 Å². The van der Waals surface area contributed by atoms with Crippen LogP contribution in [0.4, 0.5) is 0 Å². The van der Waals surface area contributed by atoms with Gasteiger partial charge in [0.15, 0.2) is 0 Å². The number of nitriles is 1. The maximum Gasteiger partial charge on any atom is 0.243 e. The second kappa shape index (κ2) is 4.74. The molecule has 0 spiro atoms. The lowest BCUT2D eigenvalue weighted by Crippen LogP contribution is -2.39. The highest BCUT2D eigenvalue weighted by molar-refractivity contribution is 5.90. The molecule has 0 aromatic rings. The lowest BCUT2D eigenvalue weighted by atomic mass is 10.0.